The van der Waals surface area contributed by atoms with Gasteiger partial charge in [-0.15, -0.1) is 0 Å². The van der Waals surface area contributed by atoms with Gasteiger partial charge in [-0.2, -0.15) is 0 Å². The lowest BCUT2D eigenvalue weighted by atomic mass is 10.1. The number of hydrogen-bond acceptors (Lipinski definition) is 4. The molecule has 1 aliphatic heterocycles. The number of carbonyl (C=O) groups is 1. The number of likely N-dealkylation sites (tertiary alicyclic amines) is 1. The third-order valence-electron chi connectivity index (χ3n) is 4.11. The topological polar surface area (TPSA) is 42.0 Å². The lowest BCUT2D eigenvalue weighted by Gasteiger charge is -2.17. The fraction of sp³-hybridized carbons (Fsp3) is 0.611. The molecule has 0 N–H and O–H groups in total. The number of benzene rings is 1. The quantitative estimate of drug-likeness (QED) is 0.736. The predicted octanol–water partition coefficient (Wildman–Crippen LogP) is 2.19. The number of methoxy groups -OCH3 is 1. The summed E-state index contributed by atoms with van der Waals surface area (Å²) in [4.78, 5) is 16.1. The van der Waals surface area contributed by atoms with Crippen LogP contribution in [-0.4, -0.2) is 63.2 Å². The fourth-order valence-electron chi connectivity index (χ4n) is 2.78. The Bertz CT molecular complexity index is 511. The van der Waals surface area contributed by atoms with E-state index in [9.17, 15) is 4.79 Å². The summed E-state index contributed by atoms with van der Waals surface area (Å²) >= 11 is 0. The second-order valence-electron chi connectivity index (χ2n) is 6.27. The predicted molar refractivity (Wildman–Crippen MR) is 91.2 cm³/mol. The van der Waals surface area contributed by atoms with E-state index >= 15 is 0 Å². The SMILES string of the molecule is COc1cc(CCCN(C)C)ccc1OCC(=O)N1CCCC1. The van der Waals surface area contributed by atoms with Gasteiger partial charge in [0.05, 0.1) is 7.11 Å². The van der Waals surface area contributed by atoms with Gasteiger partial charge in [0, 0.05) is 13.1 Å². The molecule has 5 nitrogen and oxygen atoms in total. The molecule has 0 spiro atoms. The van der Waals surface area contributed by atoms with Gasteiger partial charge < -0.3 is 19.3 Å². The molecule has 23 heavy (non-hydrogen) atoms. The van der Waals surface area contributed by atoms with E-state index in [-0.39, 0.29) is 12.5 Å². The van der Waals surface area contributed by atoms with Gasteiger partial charge in [-0.3, -0.25) is 4.79 Å². The standard InChI is InChI=1S/C18H28N2O3/c1-19(2)10-6-7-15-8-9-16(17(13-15)22-3)23-14-18(21)20-11-4-5-12-20/h8-9,13H,4-7,10-12,14H2,1-3H3. The highest BCUT2D eigenvalue weighted by Gasteiger charge is 2.18. The molecule has 0 radical (unpaired) electrons. The van der Waals surface area contributed by atoms with E-state index in [1.807, 2.05) is 23.1 Å². The van der Waals surface area contributed by atoms with Gasteiger partial charge in [0.25, 0.3) is 5.91 Å². The molecule has 0 bridgehead atoms. The van der Waals surface area contributed by atoms with Crippen LogP contribution in [0.1, 0.15) is 24.8 Å². The van der Waals surface area contributed by atoms with Crippen LogP contribution in [-0.2, 0) is 11.2 Å². The summed E-state index contributed by atoms with van der Waals surface area (Å²) in [6, 6.07) is 5.96. The van der Waals surface area contributed by atoms with Crippen LogP contribution in [0.25, 0.3) is 0 Å². The van der Waals surface area contributed by atoms with Crippen LogP contribution in [0, 0.1) is 0 Å². The Kier molecular flexibility index (Phi) is 6.71. The molecule has 0 aliphatic carbocycles. The van der Waals surface area contributed by atoms with Crippen molar-refractivity contribution in [1.82, 2.24) is 9.80 Å². The molecular formula is C18H28N2O3. The minimum Gasteiger partial charge on any atom is -0.493 e. The summed E-state index contributed by atoms with van der Waals surface area (Å²) < 4.78 is 11.1. The summed E-state index contributed by atoms with van der Waals surface area (Å²) in [5, 5.41) is 0. The third kappa shape index (κ3) is 5.43. The number of hydrogen-bond donors (Lipinski definition) is 0. The third-order valence-corrected chi connectivity index (χ3v) is 4.11. The van der Waals surface area contributed by atoms with Gasteiger partial charge in [0.2, 0.25) is 0 Å². The minimum absolute atomic E-state index is 0.0552. The summed E-state index contributed by atoms with van der Waals surface area (Å²) in [6.07, 6.45) is 4.29. The molecule has 1 saturated heterocycles. The Balaban J connectivity index is 1.89. The Morgan fingerprint density at radius 3 is 2.61 bits per heavy atom. The van der Waals surface area contributed by atoms with Gasteiger partial charge in [-0.1, -0.05) is 6.07 Å². The van der Waals surface area contributed by atoms with Crippen molar-refractivity contribution in [1.29, 1.82) is 0 Å². The lowest BCUT2D eigenvalue weighted by Crippen LogP contribution is -2.32. The van der Waals surface area contributed by atoms with Crippen LogP contribution >= 0.6 is 0 Å². The summed E-state index contributed by atoms with van der Waals surface area (Å²) in [6.45, 7) is 2.84. The monoisotopic (exact) mass is 320 g/mol. The van der Waals surface area contributed by atoms with Crippen LogP contribution < -0.4 is 9.47 Å². The van der Waals surface area contributed by atoms with E-state index in [0.29, 0.717) is 11.5 Å². The number of amides is 1. The molecular weight excluding hydrogens is 292 g/mol. The number of nitrogens with zero attached hydrogens (tertiary/aromatic N) is 2. The van der Waals surface area contributed by atoms with Crippen molar-refractivity contribution in [2.24, 2.45) is 0 Å². The summed E-state index contributed by atoms with van der Waals surface area (Å²) in [5.41, 5.74) is 1.22. The van der Waals surface area contributed by atoms with E-state index < -0.39 is 0 Å². The van der Waals surface area contributed by atoms with Gasteiger partial charge in [-0.25, -0.2) is 0 Å². The number of rotatable bonds is 8. The molecule has 1 amide bonds. The zero-order valence-corrected chi connectivity index (χ0v) is 14.5. The highest BCUT2D eigenvalue weighted by atomic mass is 16.5. The van der Waals surface area contributed by atoms with Gasteiger partial charge in [0.1, 0.15) is 0 Å². The summed E-state index contributed by atoms with van der Waals surface area (Å²) in [7, 11) is 5.79. The Labute approximate surface area is 139 Å². The smallest absolute Gasteiger partial charge is 0.260 e. The van der Waals surface area contributed by atoms with Crippen LogP contribution in [0.3, 0.4) is 0 Å². The van der Waals surface area contributed by atoms with Crippen molar-refractivity contribution >= 4 is 5.91 Å². The van der Waals surface area contributed by atoms with E-state index in [1.165, 1.54) is 5.56 Å². The molecule has 5 heteroatoms. The Morgan fingerprint density at radius 2 is 1.96 bits per heavy atom. The van der Waals surface area contributed by atoms with Crippen LogP contribution in [0.5, 0.6) is 11.5 Å². The van der Waals surface area contributed by atoms with Crippen molar-refractivity contribution in [3.05, 3.63) is 23.8 Å². The molecule has 0 unspecified atom stereocenters. The number of aryl methyl sites for hydroxylation is 1. The molecule has 128 valence electrons. The van der Waals surface area contributed by atoms with Gasteiger partial charge in [-0.05, 0) is 64.0 Å². The average molecular weight is 320 g/mol. The molecule has 0 saturated carbocycles. The molecule has 2 rings (SSSR count). The first kappa shape index (κ1) is 17.6. The summed E-state index contributed by atoms with van der Waals surface area (Å²) in [5.74, 6) is 1.39. The fourth-order valence-corrected chi connectivity index (χ4v) is 2.78. The number of carbonyl (C=O) groups excluding carboxylic acids is 1. The molecule has 1 aliphatic rings. The molecule has 0 atom stereocenters. The number of ether oxygens (including phenoxy) is 2. The molecule has 1 fully saturated rings. The first-order valence-electron chi connectivity index (χ1n) is 8.32. The van der Waals surface area contributed by atoms with E-state index in [4.69, 9.17) is 9.47 Å². The second kappa shape index (κ2) is 8.77. The largest absolute Gasteiger partial charge is 0.493 e. The first-order valence-corrected chi connectivity index (χ1v) is 8.32. The van der Waals surface area contributed by atoms with Crippen molar-refractivity contribution in [3.8, 4) is 11.5 Å². The second-order valence-corrected chi connectivity index (χ2v) is 6.27. The normalized spacial score (nSPS) is 14.3. The Morgan fingerprint density at radius 1 is 1.22 bits per heavy atom. The van der Waals surface area contributed by atoms with Crippen LogP contribution in [0.15, 0.2) is 18.2 Å². The molecule has 1 aromatic rings. The first-order chi connectivity index (χ1) is 11.1. The molecule has 1 heterocycles. The minimum atomic E-state index is 0.0552. The maximum Gasteiger partial charge on any atom is 0.260 e. The highest BCUT2D eigenvalue weighted by molar-refractivity contribution is 5.78. The van der Waals surface area contributed by atoms with Crippen molar-refractivity contribution in [3.63, 3.8) is 0 Å². The average Bonchev–Trinajstić information content (AvgIpc) is 3.07. The highest BCUT2D eigenvalue weighted by Crippen LogP contribution is 2.28. The van der Waals surface area contributed by atoms with Crippen molar-refractivity contribution < 1.29 is 14.3 Å². The zero-order valence-electron chi connectivity index (χ0n) is 14.5. The zero-order chi connectivity index (χ0) is 16.7. The van der Waals surface area contributed by atoms with Crippen molar-refractivity contribution in [2.45, 2.75) is 25.7 Å². The molecule has 1 aromatic carbocycles. The maximum absolute atomic E-state index is 12.0. The van der Waals surface area contributed by atoms with Gasteiger partial charge in [0.15, 0.2) is 18.1 Å². The molecule has 0 aromatic heterocycles. The van der Waals surface area contributed by atoms with Crippen molar-refractivity contribution in [2.75, 3.05) is 47.4 Å². The lowest BCUT2D eigenvalue weighted by molar-refractivity contribution is -0.132. The van der Waals surface area contributed by atoms with E-state index in [0.717, 1.165) is 45.3 Å². The van der Waals surface area contributed by atoms with Crippen LogP contribution in [0.2, 0.25) is 0 Å². The van der Waals surface area contributed by atoms with E-state index in [1.54, 1.807) is 7.11 Å². The van der Waals surface area contributed by atoms with E-state index in [2.05, 4.69) is 19.0 Å². The Hall–Kier alpha value is -1.75. The maximum atomic E-state index is 12.0. The van der Waals surface area contributed by atoms with Crippen LogP contribution in [0.4, 0.5) is 0 Å². The van der Waals surface area contributed by atoms with Gasteiger partial charge >= 0.3 is 0 Å².